The standard InChI is InChI=1S/C11H11ClN4O3S/c1-19-9-6-13-5-4-8(9)10-14-15-11(20(12,17)18)16(10)7-2-3-7/h4-7H,2-3H2,1H3. The number of methoxy groups -OCH3 is 1. The molecule has 106 valence electrons. The Hall–Kier alpha value is -1.67. The molecule has 0 bridgehead atoms. The first-order valence-electron chi connectivity index (χ1n) is 5.90. The Morgan fingerprint density at radius 3 is 2.75 bits per heavy atom. The van der Waals surface area contributed by atoms with Gasteiger partial charge in [0.05, 0.1) is 18.9 Å². The Labute approximate surface area is 120 Å². The molecule has 2 aromatic rings. The molecule has 9 heteroatoms. The van der Waals surface area contributed by atoms with Gasteiger partial charge in [0.15, 0.2) is 5.82 Å². The molecule has 20 heavy (non-hydrogen) atoms. The van der Waals surface area contributed by atoms with Crippen LogP contribution in [0.15, 0.2) is 23.6 Å². The fourth-order valence-corrected chi connectivity index (χ4v) is 2.94. The number of halogens is 1. The van der Waals surface area contributed by atoms with Gasteiger partial charge in [-0.05, 0) is 18.9 Å². The van der Waals surface area contributed by atoms with Gasteiger partial charge in [0.25, 0.3) is 14.2 Å². The predicted molar refractivity (Wildman–Crippen MR) is 71.1 cm³/mol. The van der Waals surface area contributed by atoms with Crippen LogP contribution in [0.3, 0.4) is 0 Å². The smallest absolute Gasteiger partial charge is 0.296 e. The summed E-state index contributed by atoms with van der Waals surface area (Å²) in [5, 5.41) is 7.46. The van der Waals surface area contributed by atoms with Gasteiger partial charge in [-0.15, -0.1) is 10.2 Å². The van der Waals surface area contributed by atoms with E-state index in [0.717, 1.165) is 12.8 Å². The summed E-state index contributed by atoms with van der Waals surface area (Å²) in [4.78, 5) is 3.96. The number of hydrogen-bond acceptors (Lipinski definition) is 6. The van der Waals surface area contributed by atoms with Crippen LogP contribution in [0.2, 0.25) is 0 Å². The van der Waals surface area contributed by atoms with Gasteiger partial charge in [0.2, 0.25) is 0 Å². The fraction of sp³-hybridized carbons (Fsp3) is 0.364. The van der Waals surface area contributed by atoms with Crippen LogP contribution in [0.1, 0.15) is 18.9 Å². The molecule has 2 heterocycles. The Kier molecular flexibility index (Phi) is 3.14. The lowest BCUT2D eigenvalue weighted by Gasteiger charge is -2.09. The molecular formula is C11H11ClN4O3S. The molecule has 0 amide bonds. The van der Waals surface area contributed by atoms with Crippen LogP contribution in [0.4, 0.5) is 0 Å². The Balaban J connectivity index is 2.22. The molecule has 7 nitrogen and oxygen atoms in total. The van der Waals surface area contributed by atoms with Crippen LogP contribution in [-0.4, -0.2) is 35.3 Å². The number of ether oxygens (including phenoxy) is 1. The van der Waals surface area contributed by atoms with Crippen LogP contribution < -0.4 is 4.74 Å². The van der Waals surface area contributed by atoms with Crippen LogP contribution in [0.5, 0.6) is 5.75 Å². The second-order valence-corrected chi connectivity index (χ2v) is 6.88. The van der Waals surface area contributed by atoms with Crippen LogP contribution in [-0.2, 0) is 9.05 Å². The van der Waals surface area contributed by atoms with E-state index in [1.54, 1.807) is 16.8 Å². The fourth-order valence-electron chi connectivity index (χ4n) is 2.02. The lowest BCUT2D eigenvalue weighted by molar-refractivity contribution is 0.414. The van der Waals surface area contributed by atoms with E-state index in [4.69, 9.17) is 15.4 Å². The van der Waals surface area contributed by atoms with Crippen molar-refractivity contribution in [3.8, 4) is 17.1 Å². The average Bonchev–Trinajstić information content (AvgIpc) is 3.15. The maximum absolute atomic E-state index is 11.6. The van der Waals surface area contributed by atoms with E-state index < -0.39 is 9.05 Å². The summed E-state index contributed by atoms with van der Waals surface area (Å²) in [5.74, 6) is 0.922. The maximum atomic E-state index is 11.6. The van der Waals surface area contributed by atoms with Crippen molar-refractivity contribution in [1.29, 1.82) is 0 Å². The topological polar surface area (TPSA) is 87.0 Å². The van der Waals surface area contributed by atoms with Gasteiger partial charge < -0.3 is 4.74 Å². The van der Waals surface area contributed by atoms with Crippen molar-refractivity contribution in [2.75, 3.05) is 7.11 Å². The molecule has 0 aliphatic heterocycles. The summed E-state index contributed by atoms with van der Waals surface area (Å²) in [6.07, 6.45) is 4.87. The zero-order valence-corrected chi connectivity index (χ0v) is 12.1. The highest BCUT2D eigenvalue weighted by Gasteiger charge is 2.34. The molecule has 0 atom stereocenters. The molecule has 0 saturated heterocycles. The molecule has 1 aliphatic rings. The largest absolute Gasteiger partial charge is 0.494 e. The quantitative estimate of drug-likeness (QED) is 0.797. The number of pyridine rings is 1. The molecule has 0 N–H and O–H groups in total. The third-order valence-electron chi connectivity index (χ3n) is 3.04. The molecular weight excluding hydrogens is 304 g/mol. The van der Waals surface area contributed by atoms with Crippen molar-refractivity contribution in [3.05, 3.63) is 18.5 Å². The Morgan fingerprint density at radius 2 is 2.15 bits per heavy atom. The van der Waals surface area contributed by atoms with Crippen molar-refractivity contribution in [3.63, 3.8) is 0 Å². The summed E-state index contributed by atoms with van der Waals surface area (Å²) < 4.78 is 29.9. The summed E-state index contributed by atoms with van der Waals surface area (Å²) in [7, 11) is 2.99. The zero-order chi connectivity index (χ0) is 14.3. The molecule has 0 spiro atoms. The molecule has 3 rings (SSSR count). The van der Waals surface area contributed by atoms with Crippen LogP contribution in [0.25, 0.3) is 11.4 Å². The summed E-state index contributed by atoms with van der Waals surface area (Å²) in [6, 6.07) is 1.76. The minimum atomic E-state index is -3.94. The van der Waals surface area contributed by atoms with Crippen molar-refractivity contribution >= 4 is 19.7 Å². The number of hydrogen-bond donors (Lipinski definition) is 0. The molecule has 1 aliphatic carbocycles. The van der Waals surface area contributed by atoms with E-state index in [1.165, 1.54) is 13.3 Å². The van der Waals surface area contributed by atoms with E-state index in [0.29, 0.717) is 17.1 Å². The van der Waals surface area contributed by atoms with Gasteiger partial charge >= 0.3 is 0 Å². The van der Waals surface area contributed by atoms with Gasteiger partial charge in [-0.1, -0.05) is 0 Å². The third kappa shape index (κ3) is 2.25. The van der Waals surface area contributed by atoms with Crippen LogP contribution in [0, 0.1) is 0 Å². The third-order valence-corrected chi connectivity index (χ3v) is 4.17. The summed E-state index contributed by atoms with van der Waals surface area (Å²) in [6.45, 7) is 0. The first-order chi connectivity index (χ1) is 9.52. The van der Waals surface area contributed by atoms with E-state index in [9.17, 15) is 8.42 Å². The molecule has 0 radical (unpaired) electrons. The molecule has 2 aromatic heterocycles. The second kappa shape index (κ2) is 4.71. The van der Waals surface area contributed by atoms with Gasteiger partial charge in [-0.2, -0.15) is 0 Å². The Bertz CT molecular complexity index is 755. The lowest BCUT2D eigenvalue weighted by atomic mass is 10.2. The SMILES string of the molecule is COc1cnccc1-c1nnc(S(=O)(=O)Cl)n1C1CC1. The predicted octanol–water partition coefficient (Wildman–Crippen LogP) is 1.61. The van der Waals surface area contributed by atoms with Gasteiger partial charge in [0, 0.05) is 22.9 Å². The highest BCUT2D eigenvalue weighted by Crippen LogP contribution is 2.41. The van der Waals surface area contributed by atoms with Crippen molar-refractivity contribution in [1.82, 2.24) is 19.7 Å². The Morgan fingerprint density at radius 1 is 1.40 bits per heavy atom. The van der Waals surface area contributed by atoms with Crippen LogP contribution >= 0.6 is 10.7 Å². The van der Waals surface area contributed by atoms with E-state index in [1.807, 2.05) is 0 Å². The summed E-state index contributed by atoms with van der Waals surface area (Å²) >= 11 is 0. The number of aromatic nitrogens is 4. The van der Waals surface area contributed by atoms with Crippen molar-refractivity contribution in [2.45, 2.75) is 24.0 Å². The second-order valence-electron chi connectivity index (χ2n) is 4.42. The minimum absolute atomic E-state index is 0.0568. The molecule has 0 unspecified atom stereocenters. The maximum Gasteiger partial charge on any atom is 0.296 e. The number of nitrogens with zero attached hydrogens (tertiary/aromatic N) is 4. The highest BCUT2D eigenvalue weighted by atomic mass is 35.7. The lowest BCUT2D eigenvalue weighted by Crippen LogP contribution is -2.06. The normalized spacial score (nSPS) is 15.3. The molecule has 1 fully saturated rings. The number of rotatable bonds is 4. The first kappa shape index (κ1) is 13.3. The van der Waals surface area contributed by atoms with Crippen molar-refractivity contribution in [2.24, 2.45) is 0 Å². The molecule has 0 aromatic carbocycles. The zero-order valence-electron chi connectivity index (χ0n) is 10.5. The van der Waals surface area contributed by atoms with E-state index in [2.05, 4.69) is 15.2 Å². The first-order valence-corrected chi connectivity index (χ1v) is 8.21. The average molecular weight is 315 g/mol. The highest BCUT2D eigenvalue weighted by molar-refractivity contribution is 8.13. The van der Waals surface area contributed by atoms with E-state index in [-0.39, 0.29) is 11.2 Å². The van der Waals surface area contributed by atoms with E-state index >= 15 is 0 Å². The summed E-state index contributed by atoms with van der Waals surface area (Å²) in [5.41, 5.74) is 0.633. The monoisotopic (exact) mass is 314 g/mol. The van der Waals surface area contributed by atoms with Gasteiger partial charge in [-0.25, -0.2) is 8.42 Å². The minimum Gasteiger partial charge on any atom is -0.494 e. The van der Waals surface area contributed by atoms with Crippen molar-refractivity contribution < 1.29 is 13.2 Å². The van der Waals surface area contributed by atoms with Gasteiger partial charge in [0.1, 0.15) is 5.75 Å². The van der Waals surface area contributed by atoms with Gasteiger partial charge in [-0.3, -0.25) is 9.55 Å². The molecule has 1 saturated carbocycles.